The van der Waals surface area contributed by atoms with E-state index >= 15 is 0 Å². The van der Waals surface area contributed by atoms with Crippen molar-refractivity contribution >= 4 is 17.4 Å². The van der Waals surface area contributed by atoms with Gasteiger partial charge in [0.1, 0.15) is 4.88 Å². The molecule has 0 aromatic carbocycles. The van der Waals surface area contributed by atoms with Gasteiger partial charge in [0.15, 0.2) is 0 Å². The van der Waals surface area contributed by atoms with Gasteiger partial charge in [-0.05, 0) is 17.5 Å². The van der Waals surface area contributed by atoms with Gasteiger partial charge in [0.25, 0.3) is 5.91 Å². The van der Waals surface area contributed by atoms with Crippen molar-refractivity contribution in [1.82, 2.24) is 14.9 Å². The van der Waals surface area contributed by atoms with Gasteiger partial charge in [0, 0.05) is 0 Å². The van der Waals surface area contributed by atoms with E-state index in [9.17, 15) is 4.79 Å². The minimum Gasteiger partial charge on any atom is -0.394 e. The Balaban J connectivity index is 2.56. The fourth-order valence-electron chi connectivity index (χ4n) is 0.930. The molecule has 0 saturated heterocycles. The number of nitrogens with zero attached hydrogens (tertiary/aromatic N) is 2. The average Bonchev–Trinajstić information content (AvgIpc) is 2.65. The van der Waals surface area contributed by atoms with Crippen molar-refractivity contribution in [3.05, 3.63) is 11.1 Å². The number of hydrogen-bond acceptors (Lipinski definition) is 5. The Labute approximate surface area is 86.3 Å². The minimum atomic E-state index is -0.229. The third kappa shape index (κ3) is 2.74. The lowest BCUT2D eigenvalue weighted by atomic mass is 10.1. The number of carbonyl (C=O) groups excluding carboxylic acids is 1. The first-order valence-electron chi connectivity index (χ1n) is 4.34. The normalized spacial score (nSPS) is 12.9. The van der Waals surface area contributed by atoms with Crippen molar-refractivity contribution in [1.29, 1.82) is 0 Å². The molecule has 0 saturated carbocycles. The lowest BCUT2D eigenvalue weighted by Gasteiger charge is -2.18. The summed E-state index contributed by atoms with van der Waals surface area (Å²) >= 11 is 1.04. The van der Waals surface area contributed by atoms with Crippen LogP contribution in [0, 0.1) is 5.92 Å². The molecule has 0 aliphatic carbocycles. The molecule has 78 valence electrons. The molecular formula is C8H13N3O2S. The van der Waals surface area contributed by atoms with Gasteiger partial charge >= 0.3 is 0 Å². The van der Waals surface area contributed by atoms with Crippen LogP contribution in [0.4, 0.5) is 0 Å². The van der Waals surface area contributed by atoms with E-state index in [4.69, 9.17) is 5.11 Å². The molecule has 0 aliphatic heterocycles. The van der Waals surface area contributed by atoms with Gasteiger partial charge in [-0.15, -0.1) is 5.10 Å². The number of aliphatic hydroxyl groups is 1. The summed E-state index contributed by atoms with van der Waals surface area (Å²) < 4.78 is 3.59. The Morgan fingerprint density at radius 3 is 2.86 bits per heavy atom. The molecule has 14 heavy (non-hydrogen) atoms. The van der Waals surface area contributed by atoms with Crippen LogP contribution in [-0.2, 0) is 0 Å². The van der Waals surface area contributed by atoms with Gasteiger partial charge in [-0.1, -0.05) is 18.3 Å². The lowest BCUT2D eigenvalue weighted by molar-refractivity contribution is 0.0901. The van der Waals surface area contributed by atoms with Crippen LogP contribution in [0.1, 0.15) is 23.5 Å². The Hall–Kier alpha value is -1.01. The Morgan fingerprint density at radius 2 is 2.43 bits per heavy atom. The molecule has 1 aromatic heterocycles. The van der Waals surface area contributed by atoms with E-state index in [0.29, 0.717) is 4.88 Å². The largest absolute Gasteiger partial charge is 0.394 e. The van der Waals surface area contributed by atoms with Gasteiger partial charge in [-0.2, -0.15) is 0 Å². The highest BCUT2D eigenvalue weighted by atomic mass is 32.1. The van der Waals surface area contributed by atoms with E-state index in [1.165, 1.54) is 6.20 Å². The summed E-state index contributed by atoms with van der Waals surface area (Å²) in [4.78, 5) is 11.9. The number of carbonyl (C=O) groups is 1. The van der Waals surface area contributed by atoms with Gasteiger partial charge in [0.2, 0.25) is 0 Å². The van der Waals surface area contributed by atoms with Crippen LogP contribution < -0.4 is 5.32 Å². The molecule has 0 aliphatic rings. The summed E-state index contributed by atoms with van der Waals surface area (Å²) in [5.74, 6) is -0.0300. The fourth-order valence-corrected chi connectivity index (χ4v) is 1.35. The van der Waals surface area contributed by atoms with Crippen molar-refractivity contribution < 1.29 is 9.90 Å². The molecule has 5 nitrogen and oxygen atoms in total. The maximum Gasteiger partial charge on any atom is 0.264 e. The number of nitrogens with one attached hydrogen (secondary N) is 1. The Morgan fingerprint density at radius 1 is 1.71 bits per heavy atom. The second-order valence-corrected chi connectivity index (χ2v) is 4.07. The molecule has 6 heteroatoms. The lowest BCUT2D eigenvalue weighted by Crippen LogP contribution is -2.40. The zero-order valence-corrected chi connectivity index (χ0v) is 8.91. The summed E-state index contributed by atoms with van der Waals surface area (Å²) in [5, 5.41) is 15.3. The van der Waals surface area contributed by atoms with Crippen LogP contribution >= 0.6 is 11.5 Å². The standard InChI is InChI=1S/C8H13N3O2S/c1-5(2)6(4-12)10-8(13)7-3-9-11-14-7/h3,5-6,12H,4H2,1-2H3,(H,10,13). The second kappa shape index (κ2) is 5.02. The molecule has 0 fully saturated rings. The molecule has 0 bridgehead atoms. The van der Waals surface area contributed by atoms with Gasteiger partial charge in [-0.3, -0.25) is 4.79 Å². The predicted octanol–water partition coefficient (Wildman–Crippen LogP) is 0.285. The molecule has 0 radical (unpaired) electrons. The number of rotatable bonds is 4. The number of hydrogen-bond donors (Lipinski definition) is 2. The first-order valence-corrected chi connectivity index (χ1v) is 5.11. The SMILES string of the molecule is CC(C)C(CO)NC(=O)c1cnns1. The van der Waals surface area contributed by atoms with Crippen molar-refractivity contribution in [2.24, 2.45) is 5.92 Å². The summed E-state index contributed by atoms with van der Waals surface area (Å²) in [5.41, 5.74) is 0. The summed E-state index contributed by atoms with van der Waals surface area (Å²) in [7, 11) is 0. The van der Waals surface area contributed by atoms with E-state index in [2.05, 4.69) is 14.9 Å². The highest BCUT2D eigenvalue weighted by Gasteiger charge is 2.17. The summed E-state index contributed by atoms with van der Waals surface area (Å²) in [6.45, 7) is 3.81. The number of amides is 1. The van der Waals surface area contributed by atoms with Crippen LogP contribution in [-0.4, -0.2) is 33.2 Å². The van der Waals surface area contributed by atoms with E-state index < -0.39 is 0 Å². The molecule has 1 unspecified atom stereocenters. The number of aromatic nitrogens is 2. The maximum absolute atomic E-state index is 11.5. The van der Waals surface area contributed by atoms with Gasteiger partial charge in [0.05, 0.1) is 18.8 Å². The average molecular weight is 215 g/mol. The zero-order chi connectivity index (χ0) is 10.6. The highest BCUT2D eigenvalue weighted by Crippen LogP contribution is 2.05. The maximum atomic E-state index is 11.5. The molecule has 1 aromatic rings. The molecule has 1 heterocycles. The predicted molar refractivity (Wildman–Crippen MR) is 53.1 cm³/mol. The van der Waals surface area contributed by atoms with Crippen molar-refractivity contribution in [3.8, 4) is 0 Å². The topological polar surface area (TPSA) is 75.1 Å². The van der Waals surface area contributed by atoms with Gasteiger partial charge in [-0.25, -0.2) is 0 Å². The third-order valence-corrected chi connectivity index (χ3v) is 2.57. The smallest absolute Gasteiger partial charge is 0.264 e. The minimum absolute atomic E-state index is 0.0599. The molecule has 1 rings (SSSR count). The summed E-state index contributed by atoms with van der Waals surface area (Å²) in [6.07, 6.45) is 1.41. The van der Waals surface area contributed by atoms with E-state index in [-0.39, 0.29) is 24.5 Å². The number of aliphatic hydroxyl groups excluding tert-OH is 1. The molecule has 0 spiro atoms. The van der Waals surface area contributed by atoms with Crippen LogP contribution in [0.5, 0.6) is 0 Å². The molecule has 1 amide bonds. The fraction of sp³-hybridized carbons (Fsp3) is 0.625. The van der Waals surface area contributed by atoms with E-state index in [0.717, 1.165) is 11.5 Å². The van der Waals surface area contributed by atoms with Crippen LogP contribution in [0.2, 0.25) is 0 Å². The molecular weight excluding hydrogens is 202 g/mol. The van der Waals surface area contributed by atoms with E-state index in [1.807, 2.05) is 13.8 Å². The van der Waals surface area contributed by atoms with Crippen LogP contribution in [0.3, 0.4) is 0 Å². The highest BCUT2D eigenvalue weighted by molar-refractivity contribution is 7.07. The molecule has 1 atom stereocenters. The Kier molecular flexibility index (Phi) is 3.97. The molecule has 2 N–H and O–H groups in total. The zero-order valence-electron chi connectivity index (χ0n) is 8.10. The van der Waals surface area contributed by atoms with Crippen molar-refractivity contribution in [2.75, 3.05) is 6.61 Å². The van der Waals surface area contributed by atoms with Crippen LogP contribution in [0.15, 0.2) is 6.20 Å². The van der Waals surface area contributed by atoms with Crippen molar-refractivity contribution in [2.45, 2.75) is 19.9 Å². The van der Waals surface area contributed by atoms with Crippen LogP contribution in [0.25, 0.3) is 0 Å². The van der Waals surface area contributed by atoms with Crippen molar-refractivity contribution in [3.63, 3.8) is 0 Å². The third-order valence-electron chi connectivity index (χ3n) is 1.90. The first-order chi connectivity index (χ1) is 6.65. The Bertz CT molecular complexity index is 287. The monoisotopic (exact) mass is 215 g/mol. The summed E-state index contributed by atoms with van der Waals surface area (Å²) in [6, 6.07) is -0.218. The second-order valence-electron chi connectivity index (χ2n) is 3.29. The van der Waals surface area contributed by atoms with E-state index in [1.54, 1.807) is 0 Å². The quantitative estimate of drug-likeness (QED) is 0.756. The van der Waals surface area contributed by atoms with Gasteiger partial charge < -0.3 is 10.4 Å². The first kappa shape index (κ1) is 11.1.